The largest absolute Gasteiger partial charge is 0.492 e. The van der Waals surface area contributed by atoms with E-state index in [2.05, 4.69) is 0 Å². The number of fused-ring (bicyclic) bond motifs is 1. The fourth-order valence-corrected chi connectivity index (χ4v) is 4.80. The van der Waals surface area contributed by atoms with Crippen LogP contribution in [0.3, 0.4) is 0 Å². The summed E-state index contributed by atoms with van der Waals surface area (Å²) < 4.78 is 103. The minimum atomic E-state index is -4.91. The van der Waals surface area contributed by atoms with Gasteiger partial charge in [0.1, 0.15) is 18.2 Å². The van der Waals surface area contributed by atoms with Crippen LogP contribution in [0.15, 0.2) is 41.3 Å². The first-order valence-electron chi connectivity index (χ1n) is 11.3. The van der Waals surface area contributed by atoms with Gasteiger partial charge in [-0.2, -0.15) is 13.2 Å². The maximum Gasteiger partial charge on any atom is 0.420 e. The van der Waals surface area contributed by atoms with Crippen LogP contribution >= 0.6 is 11.8 Å². The van der Waals surface area contributed by atoms with Gasteiger partial charge in [0, 0.05) is 29.5 Å². The number of rotatable bonds is 8. The summed E-state index contributed by atoms with van der Waals surface area (Å²) in [6.45, 7) is 2.44. The maximum absolute atomic E-state index is 15.4. The highest BCUT2D eigenvalue weighted by atomic mass is 32.2. The number of hydrogen-bond acceptors (Lipinski definition) is 4. The van der Waals surface area contributed by atoms with Crippen molar-refractivity contribution in [1.82, 2.24) is 0 Å². The quantitative estimate of drug-likeness (QED) is 0.337. The summed E-state index contributed by atoms with van der Waals surface area (Å²) in [6.07, 6.45) is -5.79. The van der Waals surface area contributed by atoms with Crippen LogP contribution in [0, 0.1) is 17.2 Å². The first kappa shape index (κ1) is 28.9. The molecule has 1 N–H and O–H groups in total. The van der Waals surface area contributed by atoms with E-state index in [0.29, 0.717) is 18.7 Å². The number of ether oxygens (including phenoxy) is 1. The summed E-state index contributed by atoms with van der Waals surface area (Å²) in [5.41, 5.74) is -4.27. The van der Waals surface area contributed by atoms with Gasteiger partial charge in [-0.05, 0) is 63.6 Å². The van der Waals surface area contributed by atoms with E-state index in [-0.39, 0.29) is 29.2 Å². The van der Waals surface area contributed by atoms with Gasteiger partial charge in [0.2, 0.25) is 5.92 Å². The molecule has 2 aromatic carbocycles. The molecule has 0 spiro atoms. The van der Waals surface area contributed by atoms with Crippen LogP contribution in [0.2, 0.25) is 0 Å². The molecule has 0 aromatic heterocycles. The Morgan fingerprint density at radius 1 is 1.11 bits per heavy atom. The van der Waals surface area contributed by atoms with Crippen LogP contribution in [0.25, 0.3) is 0 Å². The molecule has 1 aliphatic rings. The van der Waals surface area contributed by atoms with E-state index in [1.54, 1.807) is 0 Å². The Morgan fingerprint density at radius 2 is 1.73 bits per heavy atom. The second kappa shape index (κ2) is 10.6. The van der Waals surface area contributed by atoms with Gasteiger partial charge in [0.25, 0.3) is 0 Å². The van der Waals surface area contributed by atoms with Crippen molar-refractivity contribution in [3.05, 3.63) is 47.8 Å². The van der Waals surface area contributed by atoms with Gasteiger partial charge in [0.15, 0.2) is 5.50 Å². The number of nitrogens with zero attached hydrogens (tertiary/aromatic N) is 1. The maximum atomic E-state index is 15.4. The van der Waals surface area contributed by atoms with Crippen molar-refractivity contribution in [2.75, 3.05) is 18.1 Å². The standard InChI is InChI=1S/C25H26F7NO3S/c1-23(2,22(34)35)13-36-19-11-20-18(10-17(19)25(30,31)32)33(16-6-4-15(26)5-7-16)12-14(21(27)37-20)8-9-24(3,28)29/h4-7,10-11,14,21H,8-9,12-13H2,1-3H3,(H,34,35)/t14-,21+/m1/s1. The minimum absolute atomic E-state index is 0.0405. The molecule has 204 valence electrons. The number of aliphatic carboxylic acids is 1. The molecule has 2 aromatic rings. The first-order valence-corrected chi connectivity index (χ1v) is 12.2. The molecule has 2 atom stereocenters. The summed E-state index contributed by atoms with van der Waals surface area (Å²) in [4.78, 5) is 12.8. The number of halogens is 7. The number of anilines is 2. The van der Waals surface area contributed by atoms with Gasteiger partial charge in [-0.1, -0.05) is 11.8 Å². The Balaban J connectivity index is 2.12. The molecular formula is C25H26F7NO3S. The molecule has 0 saturated heterocycles. The zero-order valence-electron chi connectivity index (χ0n) is 20.2. The summed E-state index contributed by atoms with van der Waals surface area (Å²) in [6, 6.07) is 6.54. The number of alkyl halides is 6. The highest BCUT2D eigenvalue weighted by molar-refractivity contribution is 8.00. The lowest BCUT2D eigenvalue weighted by atomic mass is 9.95. The van der Waals surface area contributed by atoms with Crippen molar-refractivity contribution in [3.8, 4) is 5.75 Å². The number of carboxylic acid groups (broad SMARTS) is 1. The lowest BCUT2D eigenvalue weighted by Gasteiger charge is -2.29. The third-order valence-electron chi connectivity index (χ3n) is 5.94. The molecule has 0 aliphatic carbocycles. The predicted octanol–water partition coefficient (Wildman–Crippen LogP) is 7.93. The molecule has 0 unspecified atom stereocenters. The van der Waals surface area contributed by atoms with Crippen LogP contribution in [0.1, 0.15) is 39.2 Å². The molecule has 1 heterocycles. The molecule has 4 nitrogen and oxygen atoms in total. The highest BCUT2D eigenvalue weighted by Crippen LogP contribution is 2.50. The first-order chi connectivity index (χ1) is 17.0. The predicted molar refractivity (Wildman–Crippen MR) is 126 cm³/mol. The fraction of sp³-hybridized carbons (Fsp3) is 0.480. The van der Waals surface area contributed by atoms with Crippen molar-refractivity contribution in [3.63, 3.8) is 0 Å². The Kier molecular flexibility index (Phi) is 8.31. The molecule has 1 aliphatic heterocycles. The Bertz CT molecular complexity index is 1120. The molecule has 0 fully saturated rings. The van der Waals surface area contributed by atoms with E-state index in [0.717, 1.165) is 24.3 Å². The molecule has 37 heavy (non-hydrogen) atoms. The van der Waals surface area contributed by atoms with E-state index in [4.69, 9.17) is 4.74 Å². The van der Waals surface area contributed by atoms with Gasteiger partial charge in [-0.15, -0.1) is 0 Å². The third kappa shape index (κ3) is 7.24. The zero-order chi connectivity index (χ0) is 27.8. The lowest BCUT2D eigenvalue weighted by molar-refractivity contribution is -0.148. The van der Waals surface area contributed by atoms with Crippen molar-refractivity contribution < 1.29 is 45.4 Å². The van der Waals surface area contributed by atoms with Crippen molar-refractivity contribution in [2.45, 2.75) is 56.1 Å². The number of thioether (sulfide) groups is 1. The van der Waals surface area contributed by atoms with E-state index in [1.807, 2.05) is 0 Å². The summed E-state index contributed by atoms with van der Waals surface area (Å²) >= 11 is 0.575. The third-order valence-corrected chi connectivity index (χ3v) is 7.14. The molecular weight excluding hydrogens is 527 g/mol. The lowest BCUT2D eigenvalue weighted by Crippen LogP contribution is -2.31. The monoisotopic (exact) mass is 553 g/mol. The number of hydrogen-bond donors (Lipinski definition) is 1. The van der Waals surface area contributed by atoms with E-state index in [1.165, 1.54) is 30.9 Å². The Hall–Kier alpha value is -2.63. The fourth-order valence-electron chi connectivity index (χ4n) is 3.68. The van der Waals surface area contributed by atoms with E-state index >= 15 is 4.39 Å². The minimum Gasteiger partial charge on any atom is -0.492 e. The van der Waals surface area contributed by atoms with Crippen LogP contribution in [-0.4, -0.2) is 35.7 Å². The van der Waals surface area contributed by atoms with Gasteiger partial charge in [-0.3, -0.25) is 4.79 Å². The average molecular weight is 554 g/mol. The average Bonchev–Trinajstić information content (AvgIpc) is 2.90. The summed E-state index contributed by atoms with van der Waals surface area (Å²) in [5.74, 6) is -6.62. The molecule has 0 radical (unpaired) electrons. The van der Waals surface area contributed by atoms with Gasteiger partial charge >= 0.3 is 12.1 Å². The van der Waals surface area contributed by atoms with Crippen molar-refractivity contribution in [2.24, 2.45) is 11.3 Å². The zero-order valence-corrected chi connectivity index (χ0v) is 21.0. The molecule has 3 rings (SSSR count). The highest BCUT2D eigenvalue weighted by Gasteiger charge is 2.40. The Morgan fingerprint density at radius 3 is 2.27 bits per heavy atom. The van der Waals surface area contributed by atoms with Gasteiger partial charge in [0.05, 0.1) is 16.7 Å². The molecule has 0 amide bonds. The molecule has 0 saturated carbocycles. The van der Waals surface area contributed by atoms with Crippen LogP contribution < -0.4 is 9.64 Å². The van der Waals surface area contributed by atoms with Crippen LogP contribution in [-0.2, 0) is 11.0 Å². The van der Waals surface area contributed by atoms with Crippen molar-refractivity contribution >= 4 is 29.1 Å². The van der Waals surface area contributed by atoms with Crippen LogP contribution in [0.5, 0.6) is 5.75 Å². The summed E-state index contributed by atoms with van der Waals surface area (Å²) in [5, 5.41) is 9.29. The van der Waals surface area contributed by atoms with Crippen LogP contribution in [0.4, 0.5) is 42.1 Å². The normalized spacial score (nSPS) is 18.8. The Labute approximate surface area is 213 Å². The van der Waals surface area contributed by atoms with Gasteiger partial charge in [-0.25, -0.2) is 17.6 Å². The molecule has 12 heteroatoms. The second-order valence-electron chi connectivity index (χ2n) is 9.72. The topological polar surface area (TPSA) is 49.8 Å². The van der Waals surface area contributed by atoms with Crippen molar-refractivity contribution in [1.29, 1.82) is 0 Å². The number of carboxylic acids is 1. The second-order valence-corrected chi connectivity index (χ2v) is 10.8. The smallest absolute Gasteiger partial charge is 0.420 e. The number of benzene rings is 2. The van der Waals surface area contributed by atoms with E-state index in [9.17, 15) is 36.2 Å². The SMILES string of the molecule is CC(F)(F)CC[C@@H]1CN(c2ccc(F)cc2)c2cc(C(F)(F)F)c(OCC(C)(C)C(=O)O)cc2S[C@@H]1F. The van der Waals surface area contributed by atoms with Gasteiger partial charge < -0.3 is 14.7 Å². The summed E-state index contributed by atoms with van der Waals surface area (Å²) in [7, 11) is 0. The molecule has 0 bridgehead atoms. The number of carbonyl (C=O) groups is 1. The van der Waals surface area contributed by atoms with E-state index < -0.39 is 65.1 Å².